The summed E-state index contributed by atoms with van der Waals surface area (Å²) < 4.78 is 0. The first kappa shape index (κ1) is 14.4. The predicted molar refractivity (Wildman–Crippen MR) is 87.9 cm³/mol. The van der Waals surface area contributed by atoms with Gasteiger partial charge in [-0.3, -0.25) is 4.90 Å². The minimum atomic E-state index is 0.624. The van der Waals surface area contributed by atoms with Crippen LogP contribution in [0.5, 0.6) is 0 Å². The highest BCUT2D eigenvalue weighted by Gasteiger charge is 2.18. The van der Waals surface area contributed by atoms with Gasteiger partial charge in [-0.15, -0.1) is 0 Å². The highest BCUT2D eigenvalue weighted by atomic mass is 35.5. The van der Waals surface area contributed by atoms with E-state index in [9.17, 15) is 0 Å². The van der Waals surface area contributed by atoms with E-state index >= 15 is 0 Å². The summed E-state index contributed by atoms with van der Waals surface area (Å²) in [5.41, 5.74) is 3.76. The lowest BCUT2D eigenvalue weighted by Crippen LogP contribution is -2.46. The third-order valence-corrected chi connectivity index (χ3v) is 4.31. The molecule has 0 N–H and O–H groups in total. The van der Waals surface area contributed by atoms with Crippen molar-refractivity contribution in [1.82, 2.24) is 9.88 Å². The van der Waals surface area contributed by atoms with Crippen LogP contribution in [0.15, 0.2) is 42.6 Å². The fraction of sp³-hybridized carbons (Fsp3) is 0.353. The van der Waals surface area contributed by atoms with Crippen LogP contribution in [0.1, 0.15) is 11.1 Å². The van der Waals surface area contributed by atoms with E-state index in [0.29, 0.717) is 5.15 Å². The van der Waals surface area contributed by atoms with Crippen molar-refractivity contribution in [2.75, 3.05) is 31.1 Å². The maximum atomic E-state index is 6.14. The van der Waals surface area contributed by atoms with Crippen LogP contribution >= 0.6 is 11.6 Å². The third-order valence-electron chi connectivity index (χ3n) is 3.97. The molecule has 3 nitrogen and oxygen atoms in total. The zero-order valence-corrected chi connectivity index (χ0v) is 13.1. The van der Waals surface area contributed by atoms with Crippen molar-refractivity contribution >= 4 is 17.3 Å². The number of pyridine rings is 1. The number of rotatable bonds is 3. The Kier molecular flexibility index (Phi) is 4.42. The molecule has 0 bridgehead atoms. The molecule has 1 aromatic heterocycles. The Labute approximate surface area is 131 Å². The van der Waals surface area contributed by atoms with Crippen LogP contribution in [0.2, 0.25) is 5.15 Å². The van der Waals surface area contributed by atoms with Gasteiger partial charge in [-0.1, -0.05) is 29.8 Å². The van der Waals surface area contributed by atoms with Crippen molar-refractivity contribution in [3.8, 4) is 0 Å². The number of hydrogen-bond donors (Lipinski definition) is 0. The normalized spacial score (nSPS) is 16.2. The Morgan fingerprint density at radius 2 is 1.90 bits per heavy atom. The summed E-state index contributed by atoms with van der Waals surface area (Å²) in [4.78, 5) is 9.04. The molecule has 4 heteroatoms. The van der Waals surface area contributed by atoms with Gasteiger partial charge >= 0.3 is 0 Å². The lowest BCUT2D eigenvalue weighted by Gasteiger charge is -2.36. The summed E-state index contributed by atoms with van der Waals surface area (Å²) in [5, 5.41) is 0.624. The third kappa shape index (κ3) is 3.55. The molecule has 3 rings (SSSR count). The molecular formula is C17H20ClN3. The molecule has 1 fully saturated rings. The number of halogens is 1. The van der Waals surface area contributed by atoms with E-state index in [1.807, 2.05) is 6.07 Å². The van der Waals surface area contributed by atoms with Gasteiger partial charge in [0.25, 0.3) is 0 Å². The molecule has 0 aliphatic carbocycles. The quantitative estimate of drug-likeness (QED) is 0.810. The first-order valence-electron chi connectivity index (χ1n) is 7.36. The smallest absolute Gasteiger partial charge is 0.133 e. The topological polar surface area (TPSA) is 19.4 Å². The summed E-state index contributed by atoms with van der Waals surface area (Å²) in [7, 11) is 0. The second-order valence-electron chi connectivity index (χ2n) is 5.56. The van der Waals surface area contributed by atoms with Crippen LogP contribution in [0.25, 0.3) is 0 Å². The largest absolute Gasteiger partial charge is 0.369 e. The second-order valence-corrected chi connectivity index (χ2v) is 5.91. The van der Waals surface area contributed by atoms with Crippen molar-refractivity contribution in [2.45, 2.75) is 13.5 Å². The number of anilines is 1. The van der Waals surface area contributed by atoms with Crippen molar-refractivity contribution in [2.24, 2.45) is 0 Å². The van der Waals surface area contributed by atoms with Crippen LogP contribution in [0, 0.1) is 6.92 Å². The van der Waals surface area contributed by atoms with Gasteiger partial charge in [0, 0.05) is 50.2 Å². The van der Waals surface area contributed by atoms with Gasteiger partial charge < -0.3 is 4.90 Å². The number of aromatic nitrogens is 1. The minimum Gasteiger partial charge on any atom is -0.369 e. The molecule has 0 radical (unpaired) electrons. The van der Waals surface area contributed by atoms with Gasteiger partial charge in [-0.05, 0) is 30.7 Å². The highest BCUT2D eigenvalue weighted by molar-refractivity contribution is 6.30. The first-order valence-corrected chi connectivity index (χ1v) is 7.73. The van der Waals surface area contributed by atoms with Gasteiger partial charge in [-0.2, -0.15) is 0 Å². The SMILES string of the molecule is Cc1cccc(N2CCN(Cc3cccnc3Cl)CC2)c1. The molecular weight excluding hydrogens is 282 g/mol. The van der Waals surface area contributed by atoms with E-state index in [2.05, 4.69) is 52.0 Å². The van der Waals surface area contributed by atoms with Gasteiger partial charge in [0.05, 0.1) is 0 Å². The predicted octanol–water partition coefficient (Wildman–Crippen LogP) is 3.37. The van der Waals surface area contributed by atoms with E-state index < -0.39 is 0 Å². The number of piperazine rings is 1. The molecule has 21 heavy (non-hydrogen) atoms. The van der Waals surface area contributed by atoms with Crippen molar-refractivity contribution in [3.05, 3.63) is 58.9 Å². The van der Waals surface area contributed by atoms with Gasteiger partial charge in [0.15, 0.2) is 0 Å². The Balaban J connectivity index is 1.59. The molecule has 0 spiro atoms. The van der Waals surface area contributed by atoms with Crippen LogP contribution in [-0.4, -0.2) is 36.1 Å². The standard InChI is InChI=1S/C17H20ClN3/c1-14-4-2-6-16(12-14)21-10-8-20(9-11-21)13-15-5-3-7-19-17(15)18/h2-7,12H,8-11,13H2,1H3. The summed E-state index contributed by atoms with van der Waals surface area (Å²) >= 11 is 6.14. The van der Waals surface area contributed by atoms with E-state index in [1.54, 1.807) is 6.20 Å². The Bertz CT molecular complexity index is 606. The van der Waals surface area contributed by atoms with Crippen LogP contribution in [0.3, 0.4) is 0 Å². The molecule has 0 unspecified atom stereocenters. The van der Waals surface area contributed by atoms with Gasteiger partial charge in [0.1, 0.15) is 5.15 Å². The molecule has 2 heterocycles. The van der Waals surface area contributed by atoms with Crippen molar-refractivity contribution < 1.29 is 0 Å². The minimum absolute atomic E-state index is 0.624. The molecule has 1 saturated heterocycles. The first-order chi connectivity index (χ1) is 10.2. The second kappa shape index (κ2) is 6.46. The average Bonchev–Trinajstić information content (AvgIpc) is 2.50. The highest BCUT2D eigenvalue weighted by Crippen LogP contribution is 2.20. The molecule has 110 valence electrons. The summed E-state index contributed by atoms with van der Waals surface area (Å²) in [5.74, 6) is 0. The number of hydrogen-bond acceptors (Lipinski definition) is 3. The molecule has 0 atom stereocenters. The number of aryl methyl sites for hydroxylation is 1. The molecule has 1 aliphatic heterocycles. The molecule has 1 aromatic carbocycles. The molecule has 0 saturated carbocycles. The van der Waals surface area contributed by atoms with E-state index in [0.717, 1.165) is 38.3 Å². The molecule has 1 aliphatic rings. The molecule has 2 aromatic rings. The maximum Gasteiger partial charge on any atom is 0.133 e. The average molecular weight is 302 g/mol. The summed E-state index contributed by atoms with van der Waals surface area (Å²) in [6.45, 7) is 7.25. The fourth-order valence-electron chi connectivity index (χ4n) is 2.77. The number of nitrogens with zero attached hydrogens (tertiary/aromatic N) is 3. The fourth-order valence-corrected chi connectivity index (χ4v) is 2.95. The van der Waals surface area contributed by atoms with E-state index in [1.165, 1.54) is 11.3 Å². The lowest BCUT2D eigenvalue weighted by atomic mass is 10.2. The summed E-state index contributed by atoms with van der Waals surface area (Å²) in [6, 6.07) is 12.7. The number of benzene rings is 1. The zero-order valence-electron chi connectivity index (χ0n) is 12.3. The van der Waals surface area contributed by atoms with E-state index in [4.69, 9.17) is 11.6 Å². The van der Waals surface area contributed by atoms with Gasteiger partial charge in [0.2, 0.25) is 0 Å². The lowest BCUT2D eigenvalue weighted by molar-refractivity contribution is 0.249. The van der Waals surface area contributed by atoms with Crippen LogP contribution in [0.4, 0.5) is 5.69 Å². The maximum absolute atomic E-state index is 6.14. The Morgan fingerprint density at radius 1 is 1.10 bits per heavy atom. The summed E-state index contributed by atoms with van der Waals surface area (Å²) in [6.07, 6.45) is 1.74. The van der Waals surface area contributed by atoms with Gasteiger partial charge in [-0.25, -0.2) is 4.98 Å². The molecule has 0 amide bonds. The zero-order chi connectivity index (χ0) is 14.7. The Hall–Kier alpha value is -1.58. The van der Waals surface area contributed by atoms with Crippen molar-refractivity contribution in [3.63, 3.8) is 0 Å². The van der Waals surface area contributed by atoms with Crippen LogP contribution < -0.4 is 4.90 Å². The van der Waals surface area contributed by atoms with Crippen molar-refractivity contribution in [1.29, 1.82) is 0 Å². The van der Waals surface area contributed by atoms with E-state index in [-0.39, 0.29) is 0 Å². The Morgan fingerprint density at radius 3 is 2.62 bits per heavy atom. The van der Waals surface area contributed by atoms with Crippen LogP contribution in [-0.2, 0) is 6.54 Å². The monoisotopic (exact) mass is 301 g/mol.